The Labute approximate surface area is 198 Å². The number of amides is 1. The molecule has 0 radical (unpaired) electrons. The fourth-order valence-electron chi connectivity index (χ4n) is 4.19. The van der Waals surface area contributed by atoms with Gasteiger partial charge >= 0.3 is 0 Å². The second-order valence-corrected chi connectivity index (χ2v) is 10.7. The first-order chi connectivity index (χ1) is 16.3. The van der Waals surface area contributed by atoms with Crippen molar-refractivity contribution in [2.45, 2.75) is 24.9 Å². The Kier molecular flexibility index (Phi) is 5.38. The largest absolute Gasteiger partial charge is 0.328 e. The average Bonchev–Trinajstić information content (AvgIpc) is 3.55. The molecule has 174 valence electrons. The lowest BCUT2D eigenvalue weighted by Crippen LogP contribution is -2.26. The maximum atomic E-state index is 13.2. The van der Waals surface area contributed by atoms with Crippen molar-refractivity contribution in [2.24, 2.45) is 0 Å². The van der Waals surface area contributed by atoms with Crippen LogP contribution in [0.1, 0.15) is 27.2 Å². The van der Waals surface area contributed by atoms with Gasteiger partial charge in [0.25, 0.3) is 5.91 Å². The average molecular weight is 476 g/mol. The molecule has 0 aliphatic carbocycles. The number of aromatic nitrogens is 3. The summed E-state index contributed by atoms with van der Waals surface area (Å²) in [5.74, 6) is 0.751. The molecule has 4 aromatic rings. The number of hydrogen-bond donors (Lipinski definition) is 0. The summed E-state index contributed by atoms with van der Waals surface area (Å²) in [6.45, 7) is 2.86. The van der Waals surface area contributed by atoms with Gasteiger partial charge in [-0.2, -0.15) is 5.10 Å². The Balaban J connectivity index is 1.46. The molecule has 8 nitrogen and oxygen atoms in total. The van der Waals surface area contributed by atoms with Crippen LogP contribution in [0.3, 0.4) is 0 Å². The number of carbonyl (C=O) groups excluding carboxylic acids is 1. The summed E-state index contributed by atoms with van der Waals surface area (Å²) in [5, 5.41) is 4.87. The van der Waals surface area contributed by atoms with Gasteiger partial charge in [0.05, 0.1) is 29.4 Å². The van der Waals surface area contributed by atoms with Gasteiger partial charge in [0.15, 0.2) is 0 Å². The number of benzene rings is 2. The summed E-state index contributed by atoms with van der Waals surface area (Å²) in [5.41, 5.74) is 4.40. The van der Waals surface area contributed by atoms with Gasteiger partial charge in [0.1, 0.15) is 5.82 Å². The van der Waals surface area contributed by atoms with E-state index in [1.54, 1.807) is 17.0 Å². The molecule has 0 fully saturated rings. The predicted molar refractivity (Wildman–Crippen MR) is 129 cm³/mol. The highest BCUT2D eigenvalue weighted by Gasteiger charge is 2.32. The third-order valence-corrected chi connectivity index (χ3v) is 7.82. The SMILES string of the molecule is Cc1cccc(-n2nc3c(c2-n2cccc2)CN(C(=O)c2ccc(S(=O)(=O)N(C)C)cc2)C3)c1. The van der Waals surface area contributed by atoms with E-state index >= 15 is 0 Å². The highest BCUT2D eigenvalue weighted by molar-refractivity contribution is 7.89. The summed E-state index contributed by atoms with van der Waals surface area (Å²) in [7, 11) is -0.584. The first kappa shape index (κ1) is 22.1. The van der Waals surface area contributed by atoms with Gasteiger partial charge in [-0.25, -0.2) is 17.4 Å². The molecule has 3 heterocycles. The minimum atomic E-state index is -3.55. The predicted octanol–water partition coefficient (Wildman–Crippen LogP) is 3.38. The van der Waals surface area contributed by atoms with Crippen LogP contribution in [0.4, 0.5) is 0 Å². The van der Waals surface area contributed by atoms with Gasteiger partial charge in [0, 0.05) is 37.6 Å². The standard InChI is InChI=1S/C25H25N5O3S/c1-18-7-6-8-20(15-18)30-24(28-13-4-5-14-28)22-16-29(17-23(22)26-30)25(31)19-9-11-21(12-10-19)34(32,33)27(2)3/h4-15H,16-17H2,1-3H3. The monoisotopic (exact) mass is 475 g/mol. The van der Waals surface area contributed by atoms with Gasteiger partial charge in [-0.05, 0) is 61.0 Å². The van der Waals surface area contributed by atoms with Crippen molar-refractivity contribution in [1.29, 1.82) is 0 Å². The van der Waals surface area contributed by atoms with Crippen LogP contribution in [0.15, 0.2) is 78.0 Å². The van der Waals surface area contributed by atoms with Crippen molar-refractivity contribution in [3.63, 3.8) is 0 Å². The lowest BCUT2D eigenvalue weighted by molar-refractivity contribution is 0.0749. The van der Waals surface area contributed by atoms with Crippen molar-refractivity contribution in [3.8, 4) is 11.5 Å². The number of nitrogens with zero attached hydrogens (tertiary/aromatic N) is 5. The zero-order valence-corrected chi connectivity index (χ0v) is 20.0. The summed E-state index contributed by atoms with van der Waals surface area (Å²) in [6, 6.07) is 18.2. The molecule has 0 bridgehead atoms. The number of hydrogen-bond acceptors (Lipinski definition) is 4. The fraction of sp³-hybridized carbons (Fsp3) is 0.200. The summed E-state index contributed by atoms with van der Waals surface area (Å²) < 4.78 is 29.7. The molecule has 0 spiro atoms. The number of sulfonamides is 1. The van der Waals surface area contributed by atoms with Gasteiger partial charge in [-0.15, -0.1) is 0 Å². The zero-order valence-electron chi connectivity index (χ0n) is 19.2. The van der Waals surface area contributed by atoms with Crippen molar-refractivity contribution >= 4 is 15.9 Å². The highest BCUT2D eigenvalue weighted by Crippen LogP contribution is 2.31. The quantitative estimate of drug-likeness (QED) is 0.443. The number of rotatable bonds is 5. The maximum Gasteiger partial charge on any atom is 0.254 e. The maximum absolute atomic E-state index is 13.2. The summed E-state index contributed by atoms with van der Waals surface area (Å²) in [6.07, 6.45) is 3.94. The second kappa shape index (κ2) is 8.27. The molecule has 2 aromatic carbocycles. The van der Waals surface area contributed by atoms with Crippen molar-refractivity contribution in [2.75, 3.05) is 14.1 Å². The molecule has 2 aromatic heterocycles. The fourth-order valence-corrected chi connectivity index (χ4v) is 5.09. The molecule has 1 aliphatic rings. The van der Waals surface area contributed by atoms with E-state index < -0.39 is 10.0 Å². The van der Waals surface area contributed by atoms with Crippen LogP contribution in [-0.2, 0) is 23.1 Å². The van der Waals surface area contributed by atoms with Crippen LogP contribution in [0.2, 0.25) is 0 Å². The van der Waals surface area contributed by atoms with Crippen LogP contribution in [-0.4, -0.2) is 52.0 Å². The number of fused-ring (bicyclic) bond motifs is 1. The lowest BCUT2D eigenvalue weighted by atomic mass is 10.2. The molecule has 5 rings (SSSR count). The Hall–Kier alpha value is -3.69. The molecule has 0 saturated heterocycles. The van der Waals surface area contributed by atoms with Crippen LogP contribution in [0.5, 0.6) is 0 Å². The van der Waals surface area contributed by atoms with E-state index in [-0.39, 0.29) is 10.8 Å². The number of carbonyl (C=O) groups is 1. The molecule has 34 heavy (non-hydrogen) atoms. The van der Waals surface area contributed by atoms with E-state index in [0.717, 1.165) is 32.6 Å². The third-order valence-electron chi connectivity index (χ3n) is 5.99. The first-order valence-electron chi connectivity index (χ1n) is 10.9. The summed E-state index contributed by atoms with van der Waals surface area (Å²) >= 11 is 0. The highest BCUT2D eigenvalue weighted by atomic mass is 32.2. The van der Waals surface area contributed by atoms with E-state index in [1.165, 1.54) is 26.2 Å². The van der Waals surface area contributed by atoms with Crippen LogP contribution in [0, 0.1) is 6.92 Å². The normalized spacial score (nSPS) is 13.5. The van der Waals surface area contributed by atoms with E-state index in [1.807, 2.05) is 58.9 Å². The Morgan fingerprint density at radius 1 is 0.971 bits per heavy atom. The van der Waals surface area contributed by atoms with Gasteiger partial charge in [-0.1, -0.05) is 12.1 Å². The lowest BCUT2D eigenvalue weighted by Gasteiger charge is -2.18. The molecular weight excluding hydrogens is 450 g/mol. The molecule has 0 N–H and O–H groups in total. The topological polar surface area (TPSA) is 80.4 Å². The van der Waals surface area contributed by atoms with Gasteiger partial charge < -0.3 is 9.47 Å². The molecule has 0 saturated carbocycles. The van der Waals surface area contributed by atoms with E-state index in [2.05, 4.69) is 6.07 Å². The van der Waals surface area contributed by atoms with Gasteiger partial charge in [-0.3, -0.25) is 4.79 Å². The van der Waals surface area contributed by atoms with E-state index in [9.17, 15) is 13.2 Å². The molecule has 1 aliphatic heterocycles. The third kappa shape index (κ3) is 3.72. The van der Waals surface area contributed by atoms with Crippen molar-refractivity contribution < 1.29 is 13.2 Å². The minimum absolute atomic E-state index is 0.156. The molecular formula is C25H25N5O3S. The van der Waals surface area contributed by atoms with Crippen LogP contribution in [0.25, 0.3) is 11.5 Å². The number of aryl methyl sites for hydroxylation is 1. The Morgan fingerprint density at radius 2 is 1.68 bits per heavy atom. The van der Waals surface area contributed by atoms with E-state index in [0.29, 0.717) is 18.7 Å². The van der Waals surface area contributed by atoms with E-state index in [4.69, 9.17) is 5.10 Å². The smallest absolute Gasteiger partial charge is 0.254 e. The molecule has 0 unspecified atom stereocenters. The van der Waals surface area contributed by atoms with Crippen LogP contribution < -0.4 is 0 Å². The molecule has 0 atom stereocenters. The molecule has 9 heteroatoms. The second-order valence-electron chi connectivity index (χ2n) is 8.56. The van der Waals surface area contributed by atoms with Crippen LogP contribution >= 0.6 is 0 Å². The van der Waals surface area contributed by atoms with Gasteiger partial charge in [0.2, 0.25) is 10.0 Å². The molecule has 1 amide bonds. The first-order valence-corrected chi connectivity index (χ1v) is 12.3. The Morgan fingerprint density at radius 3 is 2.32 bits per heavy atom. The zero-order chi connectivity index (χ0) is 24.0. The van der Waals surface area contributed by atoms with Crippen molar-refractivity contribution in [3.05, 3.63) is 95.4 Å². The minimum Gasteiger partial charge on any atom is -0.328 e. The Bertz CT molecular complexity index is 1470. The summed E-state index contributed by atoms with van der Waals surface area (Å²) in [4.78, 5) is 15.1. The van der Waals surface area contributed by atoms with Crippen molar-refractivity contribution in [1.82, 2.24) is 23.6 Å².